The van der Waals surface area contributed by atoms with E-state index < -0.39 is 17.9 Å². The molecule has 5 unspecified atom stereocenters. The van der Waals surface area contributed by atoms with Crippen LogP contribution in [0.15, 0.2) is 41.1 Å². The largest absolute Gasteiger partial charge is 0.508 e. The van der Waals surface area contributed by atoms with Gasteiger partial charge in [0.25, 0.3) is 5.91 Å². The number of hydrogen-bond acceptors (Lipinski definition) is 7. The maximum atomic E-state index is 12.6. The standard InChI is InChI=1S/C33H44N2O6/c1-20(36)26-11-12-27-25-10-7-22-18-23(13-15-32(22,2)28(25)14-16-33(26,27)3)35-41-19-30(38)34-29(31(39)40-4)17-21-5-8-24(37)9-6-21/h5-6,8-9,18,25-29,37H,7,10-17,19H2,1-4H3,(H,34,38)/t25?,26?,27?,28?,29?,32-,33+/m0/s1. The molecule has 7 atom stereocenters. The Morgan fingerprint density at radius 2 is 1.80 bits per heavy atom. The molecule has 0 heterocycles. The number of carbonyl (C=O) groups excluding carboxylic acids is 3. The molecule has 0 saturated heterocycles. The molecule has 0 spiro atoms. The molecule has 8 heteroatoms. The van der Waals surface area contributed by atoms with E-state index in [1.807, 2.05) is 0 Å². The maximum absolute atomic E-state index is 12.6. The molecule has 4 aliphatic rings. The monoisotopic (exact) mass is 564 g/mol. The number of allylic oxidation sites excluding steroid dienone is 2. The van der Waals surface area contributed by atoms with Crippen molar-refractivity contribution in [2.75, 3.05) is 13.7 Å². The quantitative estimate of drug-likeness (QED) is 0.334. The van der Waals surface area contributed by atoms with Crippen LogP contribution < -0.4 is 5.32 Å². The van der Waals surface area contributed by atoms with Crippen LogP contribution >= 0.6 is 0 Å². The van der Waals surface area contributed by atoms with Gasteiger partial charge in [0.15, 0.2) is 6.61 Å². The van der Waals surface area contributed by atoms with E-state index in [0.717, 1.165) is 43.4 Å². The van der Waals surface area contributed by atoms with E-state index in [2.05, 4.69) is 30.4 Å². The molecular weight excluding hydrogens is 520 g/mol. The van der Waals surface area contributed by atoms with Gasteiger partial charge in [-0.1, -0.05) is 36.7 Å². The summed E-state index contributed by atoms with van der Waals surface area (Å²) in [5.74, 6) is 1.70. The van der Waals surface area contributed by atoms with Crippen LogP contribution in [0.4, 0.5) is 0 Å². The molecule has 0 aliphatic heterocycles. The van der Waals surface area contributed by atoms with Crippen molar-refractivity contribution in [3.8, 4) is 5.75 Å². The van der Waals surface area contributed by atoms with Crippen molar-refractivity contribution in [1.29, 1.82) is 0 Å². The number of ether oxygens (including phenoxy) is 1. The topological polar surface area (TPSA) is 114 Å². The molecule has 3 saturated carbocycles. The van der Waals surface area contributed by atoms with E-state index in [-0.39, 0.29) is 35.5 Å². The fourth-order valence-corrected chi connectivity index (χ4v) is 8.92. The summed E-state index contributed by atoms with van der Waals surface area (Å²) in [5, 5.41) is 16.5. The van der Waals surface area contributed by atoms with Crippen LogP contribution in [-0.2, 0) is 30.4 Å². The van der Waals surface area contributed by atoms with Crippen molar-refractivity contribution < 1.29 is 29.1 Å². The van der Waals surface area contributed by atoms with Crippen molar-refractivity contribution in [2.45, 2.75) is 84.6 Å². The van der Waals surface area contributed by atoms with Gasteiger partial charge in [-0.15, -0.1) is 0 Å². The number of amides is 1. The number of benzene rings is 1. The van der Waals surface area contributed by atoms with E-state index in [4.69, 9.17) is 9.57 Å². The van der Waals surface area contributed by atoms with Gasteiger partial charge in [0, 0.05) is 12.3 Å². The number of aromatic hydroxyl groups is 1. The average Bonchev–Trinajstić information content (AvgIpc) is 3.31. The molecule has 4 aliphatic carbocycles. The lowest BCUT2D eigenvalue weighted by molar-refractivity contribution is -0.145. The summed E-state index contributed by atoms with van der Waals surface area (Å²) in [6, 6.07) is 5.58. The van der Waals surface area contributed by atoms with Crippen LogP contribution in [-0.4, -0.2) is 48.2 Å². The number of nitrogens with one attached hydrogen (secondary N) is 1. The summed E-state index contributed by atoms with van der Waals surface area (Å²) in [5.41, 5.74) is 3.39. The highest BCUT2D eigenvalue weighted by Gasteiger charge is 2.59. The predicted molar refractivity (Wildman–Crippen MR) is 155 cm³/mol. The summed E-state index contributed by atoms with van der Waals surface area (Å²) in [4.78, 5) is 42.7. The van der Waals surface area contributed by atoms with Crippen LogP contribution in [0, 0.1) is 34.5 Å². The number of nitrogens with zero attached hydrogens (tertiary/aromatic N) is 1. The molecule has 8 nitrogen and oxygen atoms in total. The minimum absolute atomic E-state index is 0.129. The second-order valence-electron chi connectivity index (χ2n) is 13.2. The second kappa shape index (κ2) is 11.6. The molecule has 0 bridgehead atoms. The number of fused-ring (bicyclic) bond motifs is 5. The lowest BCUT2D eigenvalue weighted by Crippen LogP contribution is -2.51. The number of phenols is 1. The van der Waals surface area contributed by atoms with Crippen LogP contribution in [0.1, 0.15) is 77.7 Å². The van der Waals surface area contributed by atoms with Crippen molar-refractivity contribution in [3.63, 3.8) is 0 Å². The SMILES string of the molecule is COC(=O)C(Cc1ccc(O)cc1)NC(=O)CON=C1C=C2CCC3C4CCC(C(C)=O)[C@@]4(C)CCC3[C@@]2(C)CC1. The van der Waals surface area contributed by atoms with Gasteiger partial charge in [0.1, 0.15) is 17.6 Å². The Hall–Kier alpha value is -3.16. The summed E-state index contributed by atoms with van der Waals surface area (Å²) >= 11 is 0. The number of phenolic OH excluding ortho intramolecular Hbond substituents is 1. The van der Waals surface area contributed by atoms with Gasteiger partial charge >= 0.3 is 5.97 Å². The van der Waals surface area contributed by atoms with E-state index >= 15 is 0 Å². The molecule has 1 aromatic rings. The van der Waals surface area contributed by atoms with E-state index in [9.17, 15) is 19.5 Å². The summed E-state index contributed by atoms with van der Waals surface area (Å²) < 4.78 is 4.86. The van der Waals surface area contributed by atoms with Gasteiger partial charge in [0.2, 0.25) is 0 Å². The minimum Gasteiger partial charge on any atom is -0.508 e. The number of hydrogen-bond donors (Lipinski definition) is 2. The zero-order valence-electron chi connectivity index (χ0n) is 24.8. The molecule has 1 aromatic carbocycles. The number of methoxy groups -OCH3 is 1. The van der Waals surface area contributed by atoms with Gasteiger partial charge in [-0.05, 0) is 111 Å². The lowest BCUT2D eigenvalue weighted by atomic mass is 9.46. The Labute approximate surface area is 242 Å². The van der Waals surface area contributed by atoms with E-state index in [0.29, 0.717) is 23.5 Å². The van der Waals surface area contributed by atoms with Crippen molar-refractivity contribution in [1.82, 2.24) is 5.32 Å². The normalized spacial score (nSPS) is 34.0. The molecular formula is C33H44N2O6. The molecule has 3 fully saturated rings. The first-order chi connectivity index (χ1) is 19.5. The Morgan fingerprint density at radius 1 is 1.05 bits per heavy atom. The number of Topliss-reactive ketones (excluding diaryl/α,β-unsaturated/α-hetero) is 1. The highest BCUT2D eigenvalue weighted by atomic mass is 16.6. The highest BCUT2D eigenvalue weighted by molar-refractivity contribution is 5.96. The van der Waals surface area contributed by atoms with E-state index in [1.54, 1.807) is 19.1 Å². The third kappa shape index (κ3) is 5.67. The summed E-state index contributed by atoms with van der Waals surface area (Å²) in [6.07, 6.45) is 11.0. The van der Waals surface area contributed by atoms with Gasteiger partial charge in [-0.2, -0.15) is 0 Å². The molecule has 5 rings (SSSR count). The molecule has 2 N–H and O–H groups in total. The first-order valence-corrected chi connectivity index (χ1v) is 15.1. The van der Waals surface area contributed by atoms with Crippen LogP contribution in [0.2, 0.25) is 0 Å². The maximum Gasteiger partial charge on any atom is 0.328 e. The molecule has 1 amide bonds. The van der Waals surface area contributed by atoms with Crippen molar-refractivity contribution in [3.05, 3.63) is 41.5 Å². The van der Waals surface area contributed by atoms with Crippen LogP contribution in [0.5, 0.6) is 5.75 Å². The minimum atomic E-state index is -0.871. The molecule has 41 heavy (non-hydrogen) atoms. The Bertz CT molecular complexity index is 1240. The third-order valence-corrected chi connectivity index (χ3v) is 11.0. The smallest absolute Gasteiger partial charge is 0.328 e. The molecule has 0 aromatic heterocycles. The zero-order chi connectivity index (χ0) is 29.4. The Morgan fingerprint density at radius 3 is 2.51 bits per heavy atom. The van der Waals surface area contributed by atoms with E-state index in [1.165, 1.54) is 44.1 Å². The first-order valence-electron chi connectivity index (χ1n) is 15.1. The predicted octanol–water partition coefficient (Wildman–Crippen LogP) is 5.13. The van der Waals surface area contributed by atoms with Gasteiger partial charge in [-0.3, -0.25) is 9.59 Å². The van der Waals surface area contributed by atoms with Gasteiger partial charge in [-0.25, -0.2) is 4.79 Å². The molecule has 222 valence electrons. The number of esters is 1. The molecule has 0 radical (unpaired) electrons. The third-order valence-electron chi connectivity index (χ3n) is 11.0. The second-order valence-corrected chi connectivity index (χ2v) is 13.2. The number of ketones is 1. The van der Waals surface area contributed by atoms with Gasteiger partial charge < -0.3 is 20.0 Å². The Kier molecular flexibility index (Phi) is 8.31. The number of rotatable bonds is 8. The fourth-order valence-electron chi connectivity index (χ4n) is 8.92. The van der Waals surface area contributed by atoms with Crippen molar-refractivity contribution in [2.24, 2.45) is 39.7 Å². The van der Waals surface area contributed by atoms with Gasteiger partial charge in [0.05, 0.1) is 12.8 Å². The summed E-state index contributed by atoms with van der Waals surface area (Å²) in [7, 11) is 1.28. The van der Waals surface area contributed by atoms with Crippen LogP contribution in [0.25, 0.3) is 0 Å². The highest BCUT2D eigenvalue weighted by Crippen LogP contribution is 2.66. The zero-order valence-corrected chi connectivity index (χ0v) is 24.8. The number of carbonyl (C=O) groups is 3. The fraction of sp³-hybridized carbons (Fsp3) is 0.636. The first kappa shape index (κ1) is 29.3. The average molecular weight is 565 g/mol. The summed E-state index contributed by atoms with van der Waals surface area (Å²) in [6.45, 7) is 6.31. The lowest BCUT2D eigenvalue weighted by Gasteiger charge is -2.58. The number of oxime groups is 1. The Balaban J connectivity index is 1.19. The van der Waals surface area contributed by atoms with Crippen LogP contribution in [0.3, 0.4) is 0 Å². The van der Waals surface area contributed by atoms with Crippen molar-refractivity contribution >= 4 is 23.4 Å².